The molecule has 140 valence electrons. The van der Waals surface area contributed by atoms with Crippen LogP contribution in [0.1, 0.15) is 0 Å². The smallest absolute Gasteiger partial charge is 0.208 e. The Morgan fingerprint density at radius 3 is 1.74 bits per heavy atom. The lowest BCUT2D eigenvalue weighted by atomic mass is 10.2. The molecule has 0 aliphatic rings. The Morgan fingerprint density at radius 2 is 1.11 bits per heavy atom. The summed E-state index contributed by atoms with van der Waals surface area (Å²) in [5.74, 6) is 0. The molecule has 0 spiro atoms. The SMILES string of the molecule is Nc1ccc(S(=O)(=O)c2cccc(S(=O)(=O)c3ccccc3)c2)c(N)c1N. The molecule has 0 saturated carbocycles. The van der Waals surface area contributed by atoms with E-state index in [0.717, 1.165) is 6.07 Å². The highest BCUT2D eigenvalue weighted by Gasteiger charge is 2.25. The Bertz CT molecular complexity index is 1220. The number of anilines is 3. The second-order valence-corrected chi connectivity index (χ2v) is 9.64. The first-order valence-electron chi connectivity index (χ1n) is 7.74. The standard InChI is InChI=1S/C18H17N3O4S2/c19-15-9-10-16(18(21)17(15)20)27(24,25)14-8-4-7-13(11-14)26(22,23)12-5-2-1-3-6-12/h1-11H,19-21H2. The fraction of sp³-hybridized carbons (Fsp3) is 0. The van der Waals surface area contributed by atoms with Crippen LogP contribution in [0, 0.1) is 0 Å². The largest absolute Gasteiger partial charge is 0.397 e. The molecule has 0 aliphatic carbocycles. The van der Waals surface area contributed by atoms with Crippen molar-refractivity contribution in [2.75, 3.05) is 17.2 Å². The average Bonchev–Trinajstić information content (AvgIpc) is 2.67. The van der Waals surface area contributed by atoms with Crippen molar-refractivity contribution in [3.63, 3.8) is 0 Å². The molecule has 0 unspecified atom stereocenters. The summed E-state index contributed by atoms with van der Waals surface area (Å²) in [5, 5.41) is 0. The van der Waals surface area contributed by atoms with Crippen molar-refractivity contribution >= 4 is 36.7 Å². The molecule has 0 aromatic heterocycles. The minimum Gasteiger partial charge on any atom is -0.397 e. The Morgan fingerprint density at radius 1 is 0.556 bits per heavy atom. The van der Waals surface area contributed by atoms with E-state index in [-0.39, 0.29) is 36.6 Å². The van der Waals surface area contributed by atoms with E-state index in [2.05, 4.69) is 0 Å². The second-order valence-electron chi connectivity index (χ2n) is 5.78. The lowest BCUT2D eigenvalue weighted by Gasteiger charge is -2.12. The van der Waals surface area contributed by atoms with Crippen LogP contribution in [0.25, 0.3) is 0 Å². The molecule has 0 bridgehead atoms. The molecule has 6 N–H and O–H groups in total. The Balaban J connectivity index is 2.15. The summed E-state index contributed by atoms with van der Waals surface area (Å²) in [6.07, 6.45) is 0. The lowest BCUT2D eigenvalue weighted by molar-refractivity contribution is 0.594. The maximum atomic E-state index is 13.0. The Labute approximate surface area is 157 Å². The third kappa shape index (κ3) is 3.22. The number of nitrogens with two attached hydrogens (primary N) is 3. The number of benzene rings is 3. The number of rotatable bonds is 4. The molecule has 7 nitrogen and oxygen atoms in total. The van der Waals surface area contributed by atoms with Crippen molar-refractivity contribution in [2.24, 2.45) is 0 Å². The van der Waals surface area contributed by atoms with Crippen LogP contribution in [0.3, 0.4) is 0 Å². The topological polar surface area (TPSA) is 146 Å². The van der Waals surface area contributed by atoms with Gasteiger partial charge in [-0.25, -0.2) is 16.8 Å². The molecule has 0 aliphatic heterocycles. The third-order valence-corrected chi connectivity index (χ3v) is 7.63. The molecule has 0 fully saturated rings. The fourth-order valence-electron chi connectivity index (χ4n) is 2.54. The van der Waals surface area contributed by atoms with Gasteiger partial charge in [0.05, 0.1) is 36.6 Å². The molecule has 3 aromatic rings. The fourth-order valence-corrected chi connectivity index (χ4v) is 5.38. The Hall–Kier alpha value is -3.04. The van der Waals surface area contributed by atoms with Crippen LogP contribution in [0.4, 0.5) is 17.1 Å². The minimum absolute atomic E-state index is 0.0378. The zero-order chi connectivity index (χ0) is 19.8. The molecular formula is C18H17N3O4S2. The molecule has 0 atom stereocenters. The second kappa shape index (κ2) is 6.60. The van der Waals surface area contributed by atoms with Crippen molar-refractivity contribution in [1.29, 1.82) is 0 Å². The van der Waals surface area contributed by atoms with Crippen LogP contribution in [0.5, 0.6) is 0 Å². The van der Waals surface area contributed by atoms with Crippen molar-refractivity contribution in [3.05, 3.63) is 66.7 Å². The zero-order valence-electron chi connectivity index (χ0n) is 14.0. The lowest BCUT2D eigenvalue weighted by Crippen LogP contribution is -2.10. The number of hydrogen-bond acceptors (Lipinski definition) is 7. The van der Waals surface area contributed by atoms with Crippen LogP contribution in [-0.2, 0) is 19.7 Å². The Kier molecular flexibility index (Phi) is 4.58. The van der Waals surface area contributed by atoms with Gasteiger partial charge in [0.25, 0.3) is 0 Å². The van der Waals surface area contributed by atoms with Gasteiger partial charge in [-0.2, -0.15) is 0 Å². The van der Waals surface area contributed by atoms with E-state index in [1.54, 1.807) is 18.2 Å². The summed E-state index contributed by atoms with van der Waals surface area (Å²) in [5.41, 5.74) is 17.1. The highest BCUT2D eigenvalue weighted by molar-refractivity contribution is 7.92. The van der Waals surface area contributed by atoms with Gasteiger partial charge in [-0.1, -0.05) is 24.3 Å². The van der Waals surface area contributed by atoms with Crippen molar-refractivity contribution in [3.8, 4) is 0 Å². The molecule has 0 amide bonds. The molecule has 0 saturated heterocycles. The van der Waals surface area contributed by atoms with Gasteiger partial charge in [0.1, 0.15) is 0 Å². The van der Waals surface area contributed by atoms with Gasteiger partial charge in [0.15, 0.2) is 0 Å². The normalized spacial score (nSPS) is 12.0. The third-order valence-electron chi connectivity index (χ3n) is 4.05. The van der Waals surface area contributed by atoms with Crippen molar-refractivity contribution in [1.82, 2.24) is 0 Å². The first-order valence-corrected chi connectivity index (χ1v) is 10.7. The van der Waals surface area contributed by atoms with E-state index >= 15 is 0 Å². The number of nitrogen functional groups attached to an aromatic ring is 3. The predicted molar refractivity (Wildman–Crippen MR) is 103 cm³/mol. The molecule has 9 heteroatoms. The summed E-state index contributed by atoms with van der Waals surface area (Å²) in [6.45, 7) is 0. The molecule has 3 aromatic carbocycles. The van der Waals surface area contributed by atoms with E-state index in [1.807, 2.05) is 0 Å². The number of hydrogen-bond donors (Lipinski definition) is 3. The van der Waals surface area contributed by atoms with Crippen LogP contribution < -0.4 is 17.2 Å². The van der Waals surface area contributed by atoms with E-state index in [9.17, 15) is 16.8 Å². The van der Waals surface area contributed by atoms with Crippen LogP contribution in [0.2, 0.25) is 0 Å². The van der Waals surface area contributed by atoms with Crippen LogP contribution in [0.15, 0.2) is 86.3 Å². The van der Waals surface area contributed by atoms with Crippen LogP contribution in [-0.4, -0.2) is 16.8 Å². The van der Waals surface area contributed by atoms with E-state index < -0.39 is 19.7 Å². The predicted octanol–water partition coefficient (Wildman–Crippen LogP) is 2.10. The molecule has 27 heavy (non-hydrogen) atoms. The molecule has 3 rings (SSSR count). The minimum atomic E-state index is -4.10. The maximum absolute atomic E-state index is 13.0. The summed E-state index contributed by atoms with van der Waals surface area (Å²) < 4.78 is 51.4. The highest BCUT2D eigenvalue weighted by atomic mass is 32.2. The summed E-state index contributed by atoms with van der Waals surface area (Å²) >= 11 is 0. The maximum Gasteiger partial charge on any atom is 0.208 e. The van der Waals surface area contributed by atoms with E-state index in [0.29, 0.717) is 0 Å². The van der Waals surface area contributed by atoms with Gasteiger partial charge in [-0.3, -0.25) is 0 Å². The summed E-state index contributed by atoms with van der Waals surface area (Å²) in [6, 6.07) is 15.4. The first kappa shape index (κ1) is 18.7. The summed E-state index contributed by atoms with van der Waals surface area (Å²) in [4.78, 5) is -0.522. The van der Waals surface area contributed by atoms with Gasteiger partial charge < -0.3 is 17.2 Å². The molecule has 0 heterocycles. The van der Waals surface area contributed by atoms with Crippen LogP contribution >= 0.6 is 0 Å². The van der Waals surface area contributed by atoms with Gasteiger partial charge in [0.2, 0.25) is 19.7 Å². The van der Waals surface area contributed by atoms with E-state index in [1.165, 1.54) is 42.5 Å². The van der Waals surface area contributed by atoms with Gasteiger partial charge in [0, 0.05) is 0 Å². The molecular weight excluding hydrogens is 386 g/mol. The zero-order valence-corrected chi connectivity index (χ0v) is 15.7. The van der Waals surface area contributed by atoms with E-state index in [4.69, 9.17) is 17.2 Å². The van der Waals surface area contributed by atoms with Gasteiger partial charge in [-0.05, 0) is 42.5 Å². The number of sulfone groups is 2. The van der Waals surface area contributed by atoms with Gasteiger partial charge in [-0.15, -0.1) is 0 Å². The average molecular weight is 403 g/mol. The van der Waals surface area contributed by atoms with Crippen molar-refractivity contribution < 1.29 is 16.8 Å². The molecule has 0 radical (unpaired) electrons. The van der Waals surface area contributed by atoms with Gasteiger partial charge >= 0.3 is 0 Å². The quantitative estimate of drug-likeness (QED) is 0.565. The monoisotopic (exact) mass is 403 g/mol. The summed E-state index contributed by atoms with van der Waals surface area (Å²) in [7, 11) is -7.97. The van der Waals surface area contributed by atoms with Crippen molar-refractivity contribution in [2.45, 2.75) is 19.6 Å². The highest BCUT2D eigenvalue weighted by Crippen LogP contribution is 2.34. The first-order chi connectivity index (χ1) is 12.7.